The fourth-order valence-corrected chi connectivity index (χ4v) is 2.14. The van der Waals surface area contributed by atoms with Crippen molar-refractivity contribution in [3.63, 3.8) is 0 Å². The van der Waals surface area contributed by atoms with Gasteiger partial charge in [0.25, 0.3) is 0 Å². The topological polar surface area (TPSA) is 41.5 Å². The molecule has 0 radical (unpaired) electrons. The molecule has 0 spiro atoms. The Morgan fingerprint density at radius 3 is 2.80 bits per heavy atom. The minimum atomic E-state index is -0.559. The molecule has 0 saturated carbocycles. The Morgan fingerprint density at radius 1 is 1.25 bits per heavy atom. The van der Waals surface area contributed by atoms with Crippen LogP contribution in [-0.4, -0.2) is 31.0 Å². The van der Waals surface area contributed by atoms with E-state index in [1.165, 1.54) is 19.3 Å². The minimum absolute atomic E-state index is 0.331. The van der Waals surface area contributed by atoms with Gasteiger partial charge >= 0.3 is 0 Å². The van der Waals surface area contributed by atoms with Crippen LogP contribution in [0.1, 0.15) is 32.6 Å². The van der Waals surface area contributed by atoms with Crippen molar-refractivity contribution in [3.8, 4) is 0 Å². The second-order valence-corrected chi connectivity index (χ2v) is 5.56. The lowest BCUT2D eigenvalue weighted by Gasteiger charge is -2.14. The Labute approximate surface area is 131 Å². The molecule has 3 nitrogen and oxygen atoms in total. The molecule has 0 aliphatic rings. The molecular formula is C15H23Cl2NO2. The highest BCUT2D eigenvalue weighted by atomic mass is 35.5. The molecule has 0 heterocycles. The van der Waals surface area contributed by atoms with Crippen molar-refractivity contribution in [2.24, 2.45) is 0 Å². The van der Waals surface area contributed by atoms with E-state index >= 15 is 0 Å². The number of halogens is 2. The largest absolute Gasteiger partial charge is 0.389 e. The lowest BCUT2D eigenvalue weighted by molar-refractivity contribution is 0.0417. The lowest BCUT2D eigenvalue weighted by atomic mass is 10.2. The summed E-state index contributed by atoms with van der Waals surface area (Å²) >= 11 is 12.0. The standard InChI is InChI=1S/C15H23Cl2NO2/c1-2-3-4-5-9-20-11-12(19)10-18-14-8-6-7-13(16)15(14)17/h6-8,12,18-19H,2-5,9-11H2,1H3. The van der Waals surface area contributed by atoms with E-state index in [-0.39, 0.29) is 0 Å². The summed E-state index contributed by atoms with van der Waals surface area (Å²) in [5, 5.41) is 13.9. The van der Waals surface area contributed by atoms with E-state index in [1.807, 2.05) is 12.1 Å². The molecule has 5 heteroatoms. The molecule has 1 aromatic rings. The van der Waals surface area contributed by atoms with E-state index in [4.69, 9.17) is 27.9 Å². The molecule has 0 aromatic heterocycles. The summed E-state index contributed by atoms with van der Waals surface area (Å²) in [5.41, 5.74) is 0.723. The molecule has 1 unspecified atom stereocenters. The summed E-state index contributed by atoms with van der Waals surface area (Å²) in [6, 6.07) is 5.37. The molecule has 1 atom stereocenters. The molecule has 0 saturated heterocycles. The predicted molar refractivity (Wildman–Crippen MR) is 85.9 cm³/mol. The highest BCUT2D eigenvalue weighted by Gasteiger charge is 2.07. The number of benzene rings is 1. The van der Waals surface area contributed by atoms with Gasteiger partial charge in [-0.1, -0.05) is 55.5 Å². The molecule has 0 aliphatic heterocycles. The maximum Gasteiger partial charge on any atom is 0.0945 e. The van der Waals surface area contributed by atoms with E-state index < -0.39 is 6.10 Å². The van der Waals surface area contributed by atoms with E-state index in [0.29, 0.717) is 29.8 Å². The van der Waals surface area contributed by atoms with E-state index in [9.17, 15) is 5.11 Å². The number of hydrogen-bond acceptors (Lipinski definition) is 3. The Hall–Kier alpha value is -0.480. The van der Waals surface area contributed by atoms with Gasteiger partial charge in [0.15, 0.2) is 0 Å². The predicted octanol–water partition coefficient (Wildman–Crippen LogP) is 4.36. The van der Waals surface area contributed by atoms with E-state index in [2.05, 4.69) is 12.2 Å². The van der Waals surface area contributed by atoms with Crippen molar-refractivity contribution in [2.45, 2.75) is 38.7 Å². The summed E-state index contributed by atoms with van der Waals surface area (Å²) in [7, 11) is 0. The monoisotopic (exact) mass is 319 g/mol. The van der Waals surface area contributed by atoms with Crippen molar-refractivity contribution in [2.75, 3.05) is 25.1 Å². The number of rotatable bonds is 10. The molecule has 114 valence electrons. The van der Waals surface area contributed by atoms with Gasteiger partial charge in [-0.15, -0.1) is 0 Å². The molecular weight excluding hydrogens is 297 g/mol. The first-order valence-electron chi connectivity index (χ1n) is 7.08. The van der Waals surface area contributed by atoms with Gasteiger partial charge in [0, 0.05) is 13.2 Å². The third-order valence-corrected chi connectivity index (χ3v) is 3.75. The van der Waals surface area contributed by atoms with Crippen LogP contribution in [0, 0.1) is 0 Å². The Balaban J connectivity index is 2.16. The van der Waals surface area contributed by atoms with Crippen LogP contribution in [0.5, 0.6) is 0 Å². The van der Waals surface area contributed by atoms with Gasteiger partial charge in [0.2, 0.25) is 0 Å². The molecule has 2 N–H and O–H groups in total. The van der Waals surface area contributed by atoms with Crippen molar-refractivity contribution in [3.05, 3.63) is 28.2 Å². The zero-order chi connectivity index (χ0) is 14.8. The number of aliphatic hydroxyl groups is 1. The van der Waals surface area contributed by atoms with Gasteiger partial charge in [-0.3, -0.25) is 0 Å². The van der Waals surface area contributed by atoms with Crippen molar-refractivity contribution >= 4 is 28.9 Å². The number of nitrogens with one attached hydrogen (secondary N) is 1. The van der Waals surface area contributed by atoms with Crippen LogP contribution < -0.4 is 5.32 Å². The summed E-state index contributed by atoms with van der Waals surface area (Å²) in [6.45, 7) is 3.60. The molecule has 0 aliphatic carbocycles. The fourth-order valence-electron chi connectivity index (χ4n) is 1.78. The third-order valence-electron chi connectivity index (χ3n) is 2.93. The first kappa shape index (κ1) is 17.6. The first-order valence-corrected chi connectivity index (χ1v) is 7.84. The highest BCUT2D eigenvalue weighted by molar-refractivity contribution is 6.43. The molecule has 1 rings (SSSR count). The van der Waals surface area contributed by atoms with E-state index in [1.54, 1.807) is 6.07 Å². The summed E-state index contributed by atoms with van der Waals surface area (Å²) in [6.07, 6.45) is 4.13. The first-order chi connectivity index (χ1) is 9.65. The van der Waals surface area contributed by atoms with Crippen LogP contribution in [0.15, 0.2) is 18.2 Å². The van der Waals surface area contributed by atoms with Gasteiger partial charge in [-0.25, -0.2) is 0 Å². The average Bonchev–Trinajstić information content (AvgIpc) is 2.44. The summed E-state index contributed by atoms with van der Waals surface area (Å²) in [5.74, 6) is 0. The van der Waals surface area contributed by atoms with Gasteiger partial charge in [-0.05, 0) is 18.6 Å². The summed E-state index contributed by atoms with van der Waals surface area (Å²) < 4.78 is 5.44. The number of anilines is 1. The van der Waals surface area contributed by atoms with Gasteiger partial charge in [0.1, 0.15) is 0 Å². The molecule has 1 aromatic carbocycles. The van der Waals surface area contributed by atoms with Gasteiger partial charge < -0.3 is 15.2 Å². The second-order valence-electron chi connectivity index (χ2n) is 4.77. The molecule has 0 bridgehead atoms. The normalized spacial score (nSPS) is 12.4. The van der Waals surface area contributed by atoms with Crippen LogP contribution in [0.4, 0.5) is 5.69 Å². The Kier molecular flexibility index (Phi) is 9.03. The smallest absolute Gasteiger partial charge is 0.0945 e. The lowest BCUT2D eigenvalue weighted by Crippen LogP contribution is -2.25. The average molecular weight is 320 g/mol. The van der Waals surface area contributed by atoms with Crippen molar-refractivity contribution in [1.82, 2.24) is 0 Å². The van der Waals surface area contributed by atoms with Crippen LogP contribution in [0.3, 0.4) is 0 Å². The van der Waals surface area contributed by atoms with Gasteiger partial charge in [0.05, 0.1) is 28.4 Å². The van der Waals surface area contributed by atoms with E-state index in [0.717, 1.165) is 12.1 Å². The fraction of sp³-hybridized carbons (Fsp3) is 0.600. The SMILES string of the molecule is CCCCCCOCC(O)CNc1cccc(Cl)c1Cl. The maximum atomic E-state index is 9.81. The molecule has 0 fully saturated rings. The number of hydrogen-bond donors (Lipinski definition) is 2. The van der Waals surface area contributed by atoms with Crippen LogP contribution in [0.2, 0.25) is 10.0 Å². The number of unbranched alkanes of at least 4 members (excludes halogenated alkanes) is 3. The molecule has 0 amide bonds. The van der Waals surface area contributed by atoms with Crippen LogP contribution in [0.25, 0.3) is 0 Å². The zero-order valence-corrected chi connectivity index (χ0v) is 13.4. The van der Waals surface area contributed by atoms with Crippen LogP contribution in [-0.2, 0) is 4.74 Å². The Morgan fingerprint density at radius 2 is 2.05 bits per heavy atom. The van der Waals surface area contributed by atoms with Crippen molar-refractivity contribution < 1.29 is 9.84 Å². The quantitative estimate of drug-likeness (QED) is 0.629. The summed E-state index contributed by atoms with van der Waals surface area (Å²) in [4.78, 5) is 0. The highest BCUT2D eigenvalue weighted by Crippen LogP contribution is 2.29. The Bertz CT molecular complexity index is 388. The minimum Gasteiger partial charge on any atom is -0.389 e. The number of ether oxygens (including phenoxy) is 1. The van der Waals surface area contributed by atoms with Crippen molar-refractivity contribution in [1.29, 1.82) is 0 Å². The third kappa shape index (κ3) is 6.80. The zero-order valence-electron chi connectivity index (χ0n) is 11.9. The second kappa shape index (κ2) is 10.3. The van der Waals surface area contributed by atoms with Crippen LogP contribution >= 0.6 is 23.2 Å². The van der Waals surface area contributed by atoms with Gasteiger partial charge in [-0.2, -0.15) is 0 Å². The maximum absolute atomic E-state index is 9.81. The number of aliphatic hydroxyl groups excluding tert-OH is 1. The molecule has 20 heavy (non-hydrogen) atoms.